The van der Waals surface area contributed by atoms with Crippen LogP contribution in [0, 0.1) is 0 Å². The van der Waals surface area contributed by atoms with Gasteiger partial charge in [0.2, 0.25) is 10.0 Å². The molecule has 1 amide bonds. The Morgan fingerprint density at radius 3 is 2.15 bits per heavy atom. The number of ether oxygens (including phenoxy) is 1. The summed E-state index contributed by atoms with van der Waals surface area (Å²) in [6, 6.07) is 10.6. The molecule has 9 nitrogen and oxygen atoms in total. The number of hydrogen-bond donors (Lipinski definition) is 2. The second-order valence-corrected chi connectivity index (χ2v) is 9.63. The van der Waals surface area contributed by atoms with E-state index in [-0.39, 0.29) is 34.9 Å². The zero-order valence-corrected chi connectivity index (χ0v) is 20.1. The number of sulfonamides is 1. The number of nitrogens with zero attached hydrogens (tertiary/aromatic N) is 2. The molecule has 3 rings (SSSR count). The lowest BCUT2D eigenvalue weighted by molar-refractivity contribution is -0.140. The van der Waals surface area contributed by atoms with E-state index in [0.29, 0.717) is 18.7 Å². The van der Waals surface area contributed by atoms with Crippen molar-refractivity contribution in [3.63, 3.8) is 0 Å². The van der Waals surface area contributed by atoms with Gasteiger partial charge in [-0.15, -0.1) is 0 Å². The minimum Gasteiger partial charge on any atom is -0.508 e. The molecule has 1 heterocycles. The topological polar surface area (TPSA) is 124 Å². The summed E-state index contributed by atoms with van der Waals surface area (Å²) >= 11 is 0. The zero-order valence-electron chi connectivity index (χ0n) is 19.3. The second kappa shape index (κ2) is 10.4. The number of methoxy groups -OCH3 is 1. The first-order chi connectivity index (χ1) is 16.2. The lowest BCUT2D eigenvalue weighted by Gasteiger charge is -2.25. The van der Waals surface area contributed by atoms with Gasteiger partial charge < -0.3 is 19.8 Å². The minimum absolute atomic E-state index is 0.0163. The van der Waals surface area contributed by atoms with Crippen molar-refractivity contribution in [1.29, 1.82) is 0 Å². The van der Waals surface area contributed by atoms with E-state index in [1.807, 2.05) is 0 Å². The third-order valence-corrected chi connectivity index (χ3v) is 7.82. The number of aliphatic hydroxyl groups excluding tert-OH is 1. The fraction of sp³-hybridized carbons (Fsp3) is 0.333. The van der Waals surface area contributed by atoms with Gasteiger partial charge in [0.15, 0.2) is 0 Å². The fourth-order valence-corrected chi connectivity index (χ4v) is 5.41. The molecular formula is C24H28N2O7S. The number of phenolic OH excluding ortho intramolecular Hbond substituents is 1. The Labute approximate surface area is 198 Å². The van der Waals surface area contributed by atoms with Crippen LogP contribution in [-0.2, 0) is 24.3 Å². The Bertz CT molecular complexity index is 1180. The maximum atomic E-state index is 12.9. The van der Waals surface area contributed by atoms with Crippen LogP contribution in [-0.4, -0.2) is 72.9 Å². The van der Waals surface area contributed by atoms with Gasteiger partial charge in [-0.05, 0) is 42.0 Å². The highest BCUT2D eigenvalue weighted by atomic mass is 32.2. The number of likely N-dealkylation sites (tertiary alicyclic amines) is 1. The van der Waals surface area contributed by atoms with Crippen LogP contribution in [0.2, 0.25) is 0 Å². The van der Waals surface area contributed by atoms with E-state index in [1.165, 1.54) is 52.7 Å². The second-order valence-electron chi connectivity index (χ2n) is 7.69. The lowest BCUT2D eigenvalue weighted by atomic mass is 9.95. The third-order valence-electron chi connectivity index (χ3n) is 5.76. The number of hydrogen-bond acceptors (Lipinski definition) is 7. The van der Waals surface area contributed by atoms with Gasteiger partial charge in [-0.1, -0.05) is 26.0 Å². The highest BCUT2D eigenvalue weighted by molar-refractivity contribution is 7.89. The predicted octanol–water partition coefficient (Wildman–Crippen LogP) is 2.49. The number of aliphatic hydroxyl groups is 1. The molecule has 10 heteroatoms. The first kappa shape index (κ1) is 25.4. The molecule has 1 aliphatic rings. The Morgan fingerprint density at radius 2 is 1.62 bits per heavy atom. The number of benzene rings is 2. The molecule has 1 aliphatic heterocycles. The van der Waals surface area contributed by atoms with Crippen LogP contribution in [0.3, 0.4) is 0 Å². The highest BCUT2D eigenvalue weighted by Gasteiger charge is 2.45. The quantitative estimate of drug-likeness (QED) is 0.316. The molecule has 2 aromatic rings. The summed E-state index contributed by atoms with van der Waals surface area (Å²) in [6.07, 6.45) is 0. The molecule has 0 aromatic heterocycles. The maximum Gasteiger partial charge on any atom is 0.295 e. The monoisotopic (exact) mass is 488 g/mol. The Hall–Kier alpha value is -3.21. The lowest BCUT2D eigenvalue weighted by Crippen LogP contribution is -2.32. The van der Waals surface area contributed by atoms with Crippen molar-refractivity contribution < 1.29 is 33.0 Å². The van der Waals surface area contributed by atoms with Crippen LogP contribution in [0.1, 0.15) is 31.0 Å². The molecule has 0 bridgehead atoms. The fourth-order valence-electron chi connectivity index (χ4n) is 3.96. The van der Waals surface area contributed by atoms with Gasteiger partial charge in [0.1, 0.15) is 11.5 Å². The largest absolute Gasteiger partial charge is 0.508 e. The van der Waals surface area contributed by atoms with E-state index in [2.05, 4.69) is 0 Å². The number of phenols is 1. The van der Waals surface area contributed by atoms with E-state index >= 15 is 0 Å². The molecule has 0 spiro atoms. The average Bonchev–Trinajstić information content (AvgIpc) is 3.08. The van der Waals surface area contributed by atoms with Gasteiger partial charge in [-0.3, -0.25) is 9.59 Å². The highest BCUT2D eigenvalue weighted by Crippen LogP contribution is 2.39. The van der Waals surface area contributed by atoms with Crippen LogP contribution in [0.5, 0.6) is 5.75 Å². The van der Waals surface area contributed by atoms with Crippen molar-refractivity contribution >= 4 is 27.5 Å². The third kappa shape index (κ3) is 4.70. The Kier molecular flexibility index (Phi) is 7.75. The van der Waals surface area contributed by atoms with Gasteiger partial charge >= 0.3 is 0 Å². The number of carbonyl (C=O) groups is 2. The summed E-state index contributed by atoms with van der Waals surface area (Å²) in [5.74, 6) is -2.03. The maximum absolute atomic E-state index is 12.9. The van der Waals surface area contributed by atoms with Crippen molar-refractivity contribution in [2.45, 2.75) is 24.8 Å². The van der Waals surface area contributed by atoms with E-state index in [9.17, 15) is 28.2 Å². The summed E-state index contributed by atoms with van der Waals surface area (Å²) in [4.78, 5) is 27.1. The zero-order chi connectivity index (χ0) is 25.0. The van der Waals surface area contributed by atoms with Gasteiger partial charge in [0.25, 0.3) is 11.7 Å². The number of aromatic hydroxyl groups is 1. The molecular weight excluding hydrogens is 460 g/mol. The molecule has 0 saturated carbocycles. The number of rotatable bonds is 9. The van der Waals surface area contributed by atoms with Crippen molar-refractivity contribution in [2.24, 2.45) is 0 Å². The summed E-state index contributed by atoms with van der Waals surface area (Å²) < 4.78 is 31.9. The number of ketones is 1. The SMILES string of the molecule is CCN(CC)S(=O)(=O)c1ccc(/C(O)=C2\C(=O)C(=O)N(CCOC)[C@H]2c2ccc(O)cc2)cc1. The summed E-state index contributed by atoms with van der Waals surface area (Å²) in [7, 11) is -2.22. The van der Waals surface area contributed by atoms with Crippen LogP contribution in [0.25, 0.3) is 5.76 Å². The molecule has 2 N–H and O–H groups in total. The van der Waals surface area contributed by atoms with Crippen molar-refractivity contribution in [2.75, 3.05) is 33.4 Å². The van der Waals surface area contributed by atoms with E-state index < -0.39 is 33.5 Å². The van der Waals surface area contributed by atoms with Crippen LogP contribution in [0.4, 0.5) is 0 Å². The molecule has 182 valence electrons. The van der Waals surface area contributed by atoms with E-state index in [4.69, 9.17) is 4.74 Å². The molecule has 1 atom stereocenters. The molecule has 34 heavy (non-hydrogen) atoms. The number of Topliss-reactive ketones (excluding diaryl/α,β-unsaturated/α-hetero) is 1. The number of carbonyl (C=O) groups excluding carboxylic acids is 2. The average molecular weight is 489 g/mol. The molecule has 2 aromatic carbocycles. The predicted molar refractivity (Wildman–Crippen MR) is 126 cm³/mol. The van der Waals surface area contributed by atoms with Gasteiger partial charge in [-0.2, -0.15) is 4.31 Å². The summed E-state index contributed by atoms with van der Waals surface area (Å²) in [6.45, 7) is 4.42. The first-order valence-corrected chi connectivity index (χ1v) is 12.3. The summed E-state index contributed by atoms with van der Waals surface area (Å²) in [5.41, 5.74) is 0.605. The van der Waals surface area contributed by atoms with Crippen molar-refractivity contribution in [1.82, 2.24) is 9.21 Å². The molecule has 1 saturated heterocycles. The standard InChI is InChI=1S/C24H28N2O7S/c1-4-25(5-2)34(31,32)19-12-8-17(9-13-19)22(28)20-21(16-6-10-18(27)11-7-16)26(14-15-33-3)24(30)23(20)29/h6-13,21,27-28H,4-5,14-15H2,1-3H3/b22-20+/t21-/m0/s1. The Balaban J connectivity index is 2.09. The minimum atomic E-state index is -3.69. The normalized spacial score (nSPS) is 18.1. The molecule has 0 unspecified atom stereocenters. The Morgan fingerprint density at radius 1 is 1.03 bits per heavy atom. The van der Waals surface area contributed by atoms with Crippen molar-refractivity contribution in [3.05, 3.63) is 65.2 Å². The van der Waals surface area contributed by atoms with Gasteiger partial charge in [0.05, 0.1) is 23.1 Å². The molecule has 1 fully saturated rings. The van der Waals surface area contributed by atoms with Crippen LogP contribution >= 0.6 is 0 Å². The summed E-state index contributed by atoms with van der Waals surface area (Å²) in [5, 5.41) is 20.7. The van der Waals surface area contributed by atoms with Crippen LogP contribution < -0.4 is 0 Å². The van der Waals surface area contributed by atoms with Gasteiger partial charge in [-0.25, -0.2) is 8.42 Å². The van der Waals surface area contributed by atoms with Gasteiger partial charge in [0, 0.05) is 32.3 Å². The van der Waals surface area contributed by atoms with Crippen LogP contribution in [0.15, 0.2) is 59.0 Å². The van der Waals surface area contributed by atoms with E-state index in [0.717, 1.165) is 0 Å². The molecule has 0 radical (unpaired) electrons. The van der Waals surface area contributed by atoms with E-state index in [1.54, 1.807) is 26.0 Å². The number of amides is 1. The smallest absolute Gasteiger partial charge is 0.295 e. The molecule has 0 aliphatic carbocycles. The van der Waals surface area contributed by atoms with Crippen molar-refractivity contribution in [3.8, 4) is 5.75 Å². The first-order valence-electron chi connectivity index (χ1n) is 10.8.